The number of thioether (sulfide) groups is 1. The molecule has 4 heteroatoms. The average molecular weight is 326 g/mol. The summed E-state index contributed by atoms with van der Waals surface area (Å²) in [6.45, 7) is 0.629. The van der Waals surface area contributed by atoms with Gasteiger partial charge in [-0.1, -0.05) is 54.2 Å². The van der Waals surface area contributed by atoms with Crippen LogP contribution in [-0.4, -0.2) is 22.6 Å². The van der Waals surface area contributed by atoms with E-state index in [2.05, 4.69) is 12.1 Å². The first-order valence-electron chi connectivity index (χ1n) is 7.56. The summed E-state index contributed by atoms with van der Waals surface area (Å²) in [7, 11) is 0. The lowest BCUT2D eigenvalue weighted by Crippen LogP contribution is -2.02. The molecule has 23 heavy (non-hydrogen) atoms. The van der Waals surface area contributed by atoms with Gasteiger partial charge in [-0.05, 0) is 23.3 Å². The Morgan fingerprint density at radius 1 is 1.00 bits per heavy atom. The molecule has 1 N–H and O–H groups in total. The Morgan fingerprint density at radius 2 is 1.74 bits per heavy atom. The number of ether oxygens (including phenoxy) is 1. The van der Waals surface area contributed by atoms with Crippen molar-refractivity contribution in [3.05, 3.63) is 77.1 Å². The summed E-state index contributed by atoms with van der Waals surface area (Å²) < 4.78 is 5.74. The lowest BCUT2D eigenvalue weighted by molar-refractivity contribution is -0.107. The molecule has 0 aromatic heterocycles. The quantitative estimate of drug-likeness (QED) is 0.873. The van der Waals surface area contributed by atoms with E-state index in [1.165, 1.54) is 5.56 Å². The van der Waals surface area contributed by atoms with Gasteiger partial charge in [0.1, 0.15) is 11.5 Å². The summed E-state index contributed by atoms with van der Waals surface area (Å²) in [5, 5.41) is 9.69. The molecule has 0 bridgehead atoms. The number of benzene rings is 2. The van der Waals surface area contributed by atoms with Crippen LogP contribution in [0.5, 0.6) is 5.75 Å². The van der Waals surface area contributed by atoms with Gasteiger partial charge >= 0.3 is 0 Å². The Hall–Kier alpha value is -2.20. The molecule has 1 heterocycles. The minimum absolute atomic E-state index is 0.0225. The molecule has 2 aromatic rings. The lowest BCUT2D eigenvalue weighted by atomic mass is 10.1. The smallest absolute Gasteiger partial charge is 0.219 e. The van der Waals surface area contributed by atoms with Gasteiger partial charge in [0, 0.05) is 18.4 Å². The third-order valence-corrected chi connectivity index (χ3v) is 4.67. The van der Waals surface area contributed by atoms with Crippen LogP contribution in [0.15, 0.2) is 65.9 Å². The summed E-state index contributed by atoms with van der Waals surface area (Å²) in [6, 6.07) is 17.9. The monoisotopic (exact) mass is 326 g/mol. The zero-order chi connectivity index (χ0) is 16.1. The van der Waals surface area contributed by atoms with Gasteiger partial charge in [-0.2, -0.15) is 0 Å². The highest BCUT2D eigenvalue weighted by atomic mass is 32.2. The summed E-state index contributed by atoms with van der Waals surface area (Å²) in [5.41, 5.74) is 2.77. The third-order valence-electron chi connectivity index (χ3n) is 3.74. The Bertz CT molecular complexity index is 705. The van der Waals surface area contributed by atoms with Crippen LogP contribution < -0.4 is 4.74 Å². The van der Waals surface area contributed by atoms with Crippen molar-refractivity contribution < 1.29 is 14.6 Å². The first-order valence-corrected chi connectivity index (χ1v) is 8.55. The second kappa shape index (κ2) is 7.38. The number of carbonyl (C=O) groups excluding carboxylic acids is 1. The van der Waals surface area contributed by atoms with E-state index in [-0.39, 0.29) is 10.9 Å². The summed E-state index contributed by atoms with van der Waals surface area (Å²) >= 11 is 1.16. The number of aliphatic hydroxyl groups is 1. The van der Waals surface area contributed by atoms with Gasteiger partial charge in [0.2, 0.25) is 5.12 Å². The van der Waals surface area contributed by atoms with Gasteiger partial charge in [-0.3, -0.25) is 4.79 Å². The molecule has 0 fully saturated rings. The number of hydrogen-bond donors (Lipinski definition) is 1. The van der Waals surface area contributed by atoms with Crippen LogP contribution in [0.2, 0.25) is 0 Å². The lowest BCUT2D eigenvalue weighted by Gasteiger charge is -2.08. The molecule has 1 aliphatic rings. The van der Waals surface area contributed by atoms with E-state index in [0.29, 0.717) is 24.4 Å². The highest BCUT2D eigenvalue weighted by molar-refractivity contribution is 8.14. The van der Waals surface area contributed by atoms with Crippen molar-refractivity contribution in [1.29, 1.82) is 0 Å². The number of carbonyl (C=O) groups is 1. The van der Waals surface area contributed by atoms with Gasteiger partial charge in [0.15, 0.2) is 0 Å². The van der Waals surface area contributed by atoms with Gasteiger partial charge < -0.3 is 9.84 Å². The van der Waals surface area contributed by atoms with Gasteiger partial charge in [0.25, 0.3) is 0 Å². The van der Waals surface area contributed by atoms with Crippen molar-refractivity contribution in [3.8, 4) is 5.75 Å². The molecule has 0 aliphatic carbocycles. The van der Waals surface area contributed by atoms with Crippen LogP contribution in [0.1, 0.15) is 11.1 Å². The fourth-order valence-electron chi connectivity index (χ4n) is 2.44. The number of rotatable bonds is 6. The maximum atomic E-state index is 11.7. The zero-order valence-corrected chi connectivity index (χ0v) is 13.5. The van der Waals surface area contributed by atoms with Crippen molar-refractivity contribution >= 4 is 16.9 Å². The van der Waals surface area contributed by atoms with Crippen LogP contribution >= 0.6 is 11.8 Å². The fourth-order valence-corrected chi connectivity index (χ4v) is 3.25. The molecular formula is C19H18O3S. The predicted molar refractivity (Wildman–Crippen MR) is 92.9 cm³/mol. The van der Waals surface area contributed by atoms with E-state index >= 15 is 0 Å². The first-order chi connectivity index (χ1) is 11.2. The predicted octanol–water partition coefficient (Wildman–Crippen LogP) is 3.94. The Morgan fingerprint density at radius 3 is 2.39 bits per heavy atom. The topological polar surface area (TPSA) is 46.5 Å². The third kappa shape index (κ3) is 4.17. The van der Waals surface area contributed by atoms with Crippen LogP contribution in [0.4, 0.5) is 0 Å². The molecule has 0 radical (unpaired) electrons. The summed E-state index contributed by atoms with van der Waals surface area (Å²) in [4.78, 5) is 11.7. The van der Waals surface area contributed by atoms with Crippen LogP contribution in [0, 0.1) is 0 Å². The second-order valence-corrected chi connectivity index (χ2v) is 6.35. The molecular weight excluding hydrogens is 308 g/mol. The zero-order valence-electron chi connectivity index (χ0n) is 12.7. The van der Waals surface area contributed by atoms with Crippen molar-refractivity contribution in [2.45, 2.75) is 12.8 Å². The first kappa shape index (κ1) is 15.7. The number of aliphatic hydroxyl groups excluding tert-OH is 1. The maximum Gasteiger partial charge on any atom is 0.219 e. The second-order valence-electron chi connectivity index (χ2n) is 5.41. The Balaban J connectivity index is 1.53. The van der Waals surface area contributed by atoms with Gasteiger partial charge in [0.05, 0.1) is 12.4 Å². The molecule has 1 aliphatic heterocycles. The molecule has 0 amide bonds. The minimum atomic E-state index is -0.0225. The van der Waals surface area contributed by atoms with Crippen LogP contribution in [-0.2, 0) is 17.6 Å². The van der Waals surface area contributed by atoms with E-state index in [4.69, 9.17) is 4.74 Å². The molecule has 2 aromatic carbocycles. The molecule has 118 valence electrons. The normalized spacial score (nSPS) is 14.3. The van der Waals surface area contributed by atoms with Crippen molar-refractivity contribution in [2.24, 2.45) is 0 Å². The SMILES string of the molecule is O=C1SCC(O)=C1Cc1ccc(OCCc2ccccc2)cc1. The molecule has 0 saturated heterocycles. The highest BCUT2D eigenvalue weighted by Gasteiger charge is 2.23. The van der Waals surface area contributed by atoms with E-state index in [1.807, 2.05) is 42.5 Å². The summed E-state index contributed by atoms with van der Waals surface area (Å²) in [5.74, 6) is 1.42. The minimum Gasteiger partial charge on any atom is -0.511 e. The molecule has 3 nitrogen and oxygen atoms in total. The van der Waals surface area contributed by atoms with E-state index in [0.717, 1.165) is 29.5 Å². The molecule has 0 spiro atoms. The highest BCUT2D eigenvalue weighted by Crippen LogP contribution is 2.27. The standard InChI is InChI=1S/C19H18O3S/c20-18-13-23-19(21)17(18)12-15-6-8-16(9-7-15)22-11-10-14-4-2-1-3-5-14/h1-9,20H,10-13H2. The Kier molecular flexibility index (Phi) is 5.03. The van der Waals surface area contributed by atoms with Gasteiger partial charge in [-0.15, -0.1) is 0 Å². The van der Waals surface area contributed by atoms with E-state index in [1.54, 1.807) is 0 Å². The van der Waals surface area contributed by atoms with Crippen LogP contribution in [0.3, 0.4) is 0 Å². The average Bonchev–Trinajstić information content (AvgIpc) is 2.89. The molecule has 3 rings (SSSR count). The Labute approximate surface area is 140 Å². The maximum absolute atomic E-state index is 11.7. The van der Waals surface area contributed by atoms with Crippen molar-refractivity contribution in [1.82, 2.24) is 0 Å². The van der Waals surface area contributed by atoms with Crippen LogP contribution in [0.25, 0.3) is 0 Å². The van der Waals surface area contributed by atoms with Crippen molar-refractivity contribution in [2.75, 3.05) is 12.4 Å². The summed E-state index contributed by atoms with van der Waals surface area (Å²) in [6.07, 6.45) is 1.34. The molecule has 0 saturated carbocycles. The number of hydrogen-bond acceptors (Lipinski definition) is 4. The van der Waals surface area contributed by atoms with Gasteiger partial charge in [-0.25, -0.2) is 0 Å². The molecule has 0 unspecified atom stereocenters. The van der Waals surface area contributed by atoms with E-state index in [9.17, 15) is 9.90 Å². The largest absolute Gasteiger partial charge is 0.511 e. The van der Waals surface area contributed by atoms with E-state index < -0.39 is 0 Å². The fraction of sp³-hybridized carbons (Fsp3) is 0.211. The van der Waals surface area contributed by atoms with Crippen molar-refractivity contribution in [3.63, 3.8) is 0 Å². The molecule has 0 atom stereocenters.